The van der Waals surface area contributed by atoms with Gasteiger partial charge in [-0.25, -0.2) is 9.67 Å². The predicted molar refractivity (Wildman–Crippen MR) is 106 cm³/mol. The van der Waals surface area contributed by atoms with E-state index >= 15 is 0 Å². The van der Waals surface area contributed by atoms with E-state index in [0.29, 0.717) is 32.0 Å². The third-order valence-corrected chi connectivity index (χ3v) is 5.36. The molecule has 0 saturated heterocycles. The van der Waals surface area contributed by atoms with Gasteiger partial charge < -0.3 is 4.52 Å². The van der Waals surface area contributed by atoms with E-state index in [2.05, 4.69) is 52.1 Å². The topological polar surface area (TPSA) is 69.6 Å². The molecular weight excluding hydrogens is 509 g/mol. The molecule has 0 aliphatic carbocycles. The van der Waals surface area contributed by atoms with E-state index < -0.39 is 0 Å². The highest BCUT2D eigenvalue weighted by Gasteiger charge is 2.20. The first-order valence-corrected chi connectivity index (χ1v) is 9.53. The average Bonchev–Trinajstić information content (AvgIpc) is 3.24. The van der Waals surface area contributed by atoms with Crippen LogP contribution in [0.2, 0.25) is 10.0 Å². The van der Waals surface area contributed by atoms with Crippen LogP contribution < -0.4 is 0 Å². The number of benzene rings is 1. The largest absolute Gasteiger partial charge is 0.332 e. The van der Waals surface area contributed by atoms with E-state index in [-0.39, 0.29) is 5.89 Å². The van der Waals surface area contributed by atoms with Crippen LogP contribution in [-0.2, 0) is 0 Å². The number of pyridine rings is 1. The first kappa shape index (κ1) is 17.7. The molecule has 0 aliphatic rings. The summed E-state index contributed by atoms with van der Waals surface area (Å²) in [7, 11) is 0. The van der Waals surface area contributed by atoms with Crippen LogP contribution in [0.15, 0.2) is 56.2 Å². The molecule has 4 aromatic rings. The zero-order valence-electron chi connectivity index (χ0n) is 12.7. The van der Waals surface area contributed by atoms with Crippen molar-refractivity contribution in [1.82, 2.24) is 24.9 Å². The Morgan fingerprint density at radius 3 is 2.65 bits per heavy atom. The highest BCUT2D eigenvalue weighted by molar-refractivity contribution is 9.10. The fourth-order valence-electron chi connectivity index (χ4n) is 2.28. The Balaban J connectivity index is 1.79. The number of rotatable bonds is 3. The second-order valence-electron chi connectivity index (χ2n) is 5.12. The first-order chi connectivity index (χ1) is 12.5. The van der Waals surface area contributed by atoms with Crippen molar-refractivity contribution in [1.29, 1.82) is 0 Å². The van der Waals surface area contributed by atoms with Crippen LogP contribution in [0.3, 0.4) is 0 Å². The van der Waals surface area contributed by atoms with Crippen molar-refractivity contribution in [3.8, 4) is 28.8 Å². The van der Waals surface area contributed by atoms with Crippen molar-refractivity contribution in [2.24, 2.45) is 0 Å². The maximum atomic E-state index is 6.24. The van der Waals surface area contributed by atoms with E-state index in [0.717, 1.165) is 10.0 Å². The molecule has 130 valence electrons. The van der Waals surface area contributed by atoms with Gasteiger partial charge in [-0.1, -0.05) is 28.4 Å². The molecule has 0 bridgehead atoms. The lowest BCUT2D eigenvalue weighted by Gasteiger charge is -2.04. The Morgan fingerprint density at radius 1 is 1.04 bits per heavy atom. The summed E-state index contributed by atoms with van der Waals surface area (Å²) in [6.07, 6.45) is 1.63. The molecule has 26 heavy (non-hydrogen) atoms. The van der Waals surface area contributed by atoms with Gasteiger partial charge in [0.05, 0.1) is 10.0 Å². The van der Waals surface area contributed by atoms with Gasteiger partial charge in [0.1, 0.15) is 10.3 Å². The minimum atomic E-state index is 0.277. The third-order valence-electron chi connectivity index (χ3n) is 3.44. The number of hydrogen-bond donors (Lipinski definition) is 0. The summed E-state index contributed by atoms with van der Waals surface area (Å²) in [5.74, 6) is 1.14. The van der Waals surface area contributed by atoms with Gasteiger partial charge in [0.15, 0.2) is 5.82 Å². The summed E-state index contributed by atoms with van der Waals surface area (Å²) >= 11 is 19.1. The molecule has 10 heteroatoms. The van der Waals surface area contributed by atoms with Gasteiger partial charge >= 0.3 is 0 Å². The molecule has 0 saturated carbocycles. The van der Waals surface area contributed by atoms with Crippen LogP contribution in [0.5, 0.6) is 0 Å². The standard InChI is InChI=1S/C16H7Br2Cl2N5O/c17-9-4-3-8(6-11(9)20)14-22-16(26-24-14)12-7-13(18)23-25(12)15-10(19)2-1-5-21-15/h1-7H. The van der Waals surface area contributed by atoms with Crippen LogP contribution in [0.25, 0.3) is 28.8 Å². The highest BCUT2D eigenvalue weighted by atomic mass is 79.9. The molecule has 3 heterocycles. The number of hydrogen-bond acceptors (Lipinski definition) is 5. The summed E-state index contributed by atoms with van der Waals surface area (Å²) in [5.41, 5.74) is 1.29. The van der Waals surface area contributed by atoms with E-state index in [1.54, 1.807) is 30.5 Å². The van der Waals surface area contributed by atoms with Crippen molar-refractivity contribution < 1.29 is 4.52 Å². The molecular formula is C16H7Br2Cl2N5O. The number of aromatic nitrogens is 5. The van der Waals surface area contributed by atoms with Gasteiger partial charge in [0, 0.05) is 22.3 Å². The lowest BCUT2D eigenvalue weighted by Crippen LogP contribution is -2.02. The molecule has 6 nitrogen and oxygen atoms in total. The normalized spacial score (nSPS) is 11.1. The number of halogens is 4. The van der Waals surface area contributed by atoms with Crippen LogP contribution in [0, 0.1) is 0 Å². The maximum absolute atomic E-state index is 6.24. The first-order valence-electron chi connectivity index (χ1n) is 7.19. The lowest BCUT2D eigenvalue weighted by atomic mass is 10.2. The summed E-state index contributed by atoms with van der Waals surface area (Å²) in [4.78, 5) is 8.72. The number of nitrogens with zero attached hydrogens (tertiary/aromatic N) is 5. The third kappa shape index (κ3) is 3.29. The predicted octanol–water partition coefficient (Wildman–Crippen LogP) is 5.82. The molecule has 0 fully saturated rings. The van der Waals surface area contributed by atoms with Crippen LogP contribution in [-0.4, -0.2) is 24.9 Å². The minimum Gasteiger partial charge on any atom is -0.332 e. The van der Waals surface area contributed by atoms with Crippen molar-refractivity contribution in [2.45, 2.75) is 0 Å². The summed E-state index contributed by atoms with van der Waals surface area (Å²) in [5, 5.41) is 9.39. The zero-order valence-corrected chi connectivity index (χ0v) is 17.4. The van der Waals surface area contributed by atoms with Gasteiger partial charge in [-0.3, -0.25) is 0 Å². The van der Waals surface area contributed by atoms with E-state index in [4.69, 9.17) is 27.7 Å². The molecule has 3 aromatic heterocycles. The lowest BCUT2D eigenvalue weighted by molar-refractivity contribution is 0.429. The molecule has 0 atom stereocenters. The van der Waals surface area contributed by atoms with Crippen molar-refractivity contribution >= 4 is 55.1 Å². The summed E-state index contributed by atoms with van der Waals surface area (Å²) in [6.45, 7) is 0. The molecule has 0 radical (unpaired) electrons. The zero-order chi connectivity index (χ0) is 18.3. The SMILES string of the molecule is Clc1cc(-c2noc(-c3cc(Br)nn3-c3ncccc3Cl)n2)ccc1Br. The molecule has 1 aromatic carbocycles. The molecule has 0 unspecified atom stereocenters. The van der Waals surface area contributed by atoms with Gasteiger partial charge in [-0.2, -0.15) is 10.1 Å². The Bertz CT molecular complexity index is 1110. The average molecular weight is 516 g/mol. The second kappa shape index (κ2) is 7.11. The van der Waals surface area contributed by atoms with Crippen molar-refractivity contribution in [3.63, 3.8) is 0 Å². The van der Waals surface area contributed by atoms with Crippen molar-refractivity contribution in [2.75, 3.05) is 0 Å². The molecule has 4 rings (SSSR count). The molecule has 0 aliphatic heterocycles. The Kier molecular flexibility index (Phi) is 4.83. The monoisotopic (exact) mass is 513 g/mol. The minimum absolute atomic E-state index is 0.277. The summed E-state index contributed by atoms with van der Waals surface area (Å²) < 4.78 is 8.34. The molecule has 0 N–H and O–H groups in total. The van der Waals surface area contributed by atoms with E-state index in [1.807, 2.05) is 12.1 Å². The Morgan fingerprint density at radius 2 is 1.88 bits per heavy atom. The Labute approximate surface area is 174 Å². The van der Waals surface area contributed by atoms with Gasteiger partial charge in [-0.15, -0.1) is 0 Å². The fraction of sp³-hybridized carbons (Fsp3) is 0. The van der Waals surface area contributed by atoms with Crippen molar-refractivity contribution in [3.05, 3.63) is 61.7 Å². The maximum Gasteiger partial charge on any atom is 0.277 e. The smallest absolute Gasteiger partial charge is 0.277 e. The fourth-order valence-corrected chi connectivity index (χ4v) is 3.28. The van der Waals surface area contributed by atoms with Gasteiger partial charge in [0.25, 0.3) is 5.89 Å². The Hall–Kier alpha value is -1.74. The quantitative estimate of drug-likeness (QED) is 0.344. The van der Waals surface area contributed by atoms with E-state index in [9.17, 15) is 0 Å². The molecule has 0 amide bonds. The van der Waals surface area contributed by atoms with Crippen LogP contribution in [0.1, 0.15) is 0 Å². The highest BCUT2D eigenvalue weighted by Crippen LogP contribution is 2.31. The summed E-state index contributed by atoms with van der Waals surface area (Å²) in [6, 6.07) is 10.6. The van der Waals surface area contributed by atoms with Crippen LogP contribution >= 0.6 is 55.1 Å². The van der Waals surface area contributed by atoms with Gasteiger partial charge in [0.2, 0.25) is 5.82 Å². The van der Waals surface area contributed by atoms with Crippen LogP contribution in [0.4, 0.5) is 0 Å². The second-order valence-corrected chi connectivity index (χ2v) is 7.61. The molecule has 0 spiro atoms. The van der Waals surface area contributed by atoms with E-state index in [1.165, 1.54) is 4.68 Å². The van der Waals surface area contributed by atoms with Gasteiger partial charge in [-0.05, 0) is 62.2 Å².